The maximum Gasteiger partial charge on any atom is 2.00 e. The summed E-state index contributed by atoms with van der Waals surface area (Å²) < 4.78 is 10.5. The van der Waals surface area contributed by atoms with E-state index in [1.807, 2.05) is 86.0 Å². The Morgan fingerprint density at radius 3 is 2.28 bits per heavy atom. The summed E-state index contributed by atoms with van der Waals surface area (Å²) in [6, 6.07) is 36.9. The molecule has 0 amide bonds. The van der Waals surface area contributed by atoms with Gasteiger partial charge in [-0.15, -0.1) is 29.8 Å². The molecule has 0 aliphatic carbocycles. The van der Waals surface area contributed by atoms with E-state index in [2.05, 4.69) is 39.3 Å². The van der Waals surface area contributed by atoms with Crippen molar-refractivity contribution in [3.8, 4) is 22.9 Å². The van der Waals surface area contributed by atoms with Gasteiger partial charge < -0.3 is 13.7 Å². The van der Waals surface area contributed by atoms with Gasteiger partial charge in [0.2, 0.25) is 0 Å². The summed E-state index contributed by atoms with van der Waals surface area (Å²) in [5.74, 6) is 2.01. The number of imidazole rings is 2. The van der Waals surface area contributed by atoms with Gasteiger partial charge in [0.25, 0.3) is 0 Å². The van der Waals surface area contributed by atoms with Gasteiger partial charge in [0.05, 0.1) is 44.6 Å². The molecule has 0 N–H and O–H groups in total. The van der Waals surface area contributed by atoms with Crippen LogP contribution in [0.1, 0.15) is 0 Å². The van der Waals surface area contributed by atoms with Gasteiger partial charge in [-0.1, -0.05) is 53.2 Å². The third-order valence-corrected chi connectivity index (χ3v) is 7.00. The van der Waals surface area contributed by atoms with E-state index in [4.69, 9.17) is 19.7 Å². The van der Waals surface area contributed by atoms with Gasteiger partial charge in [-0.2, -0.15) is 0 Å². The number of hydrogen-bond donors (Lipinski definition) is 0. The monoisotopic (exact) mass is 595 g/mol. The summed E-state index contributed by atoms with van der Waals surface area (Å²) in [5.41, 5.74) is 7.57. The van der Waals surface area contributed by atoms with E-state index in [1.54, 1.807) is 0 Å². The van der Waals surface area contributed by atoms with Crippen LogP contribution in [0.25, 0.3) is 60.9 Å². The van der Waals surface area contributed by atoms with Crippen LogP contribution in [0.3, 0.4) is 0 Å². The standard InChI is InChI=1S/C32H19N5O.Pd/c1-36-27-12-4-2-10-25(27)34-31(36)20-8-6-9-21(18-20)38-22-15-16-23-24(19-22)32-35-26-11-3-5-13-28(26)37(32)29-14-7-17-33-30(23)29;/h2-17H,1H3;/q-2;+2. The minimum absolute atomic E-state index is 0. The molecule has 6 nitrogen and oxygen atoms in total. The van der Waals surface area contributed by atoms with Gasteiger partial charge in [0.1, 0.15) is 0 Å². The Morgan fingerprint density at radius 1 is 0.692 bits per heavy atom. The third-order valence-electron chi connectivity index (χ3n) is 7.00. The average molecular weight is 596 g/mol. The molecule has 0 unspecified atom stereocenters. The molecule has 0 saturated heterocycles. The van der Waals surface area contributed by atoms with E-state index in [-0.39, 0.29) is 20.4 Å². The summed E-state index contributed by atoms with van der Waals surface area (Å²) in [7, 11) is 2.02. The molecule has 4 aromatic heterocycles. The Labute approximate surface area is 237 Å². The van der Waals surface area contributed by atoms with Gasteiger partial charge in [-0.25, -0.2) is 0 Å². The molecular formula is C32H19N5OPd. The van der Waals surface area contributed by atoms with E-state index in [0.29, 0.717) is 11.5 Å². The second-order valence-electron chi connectivity index (χ2n) is 9.26. The number of hydrogen-bond acceptors (Lipinski definition) is 4. The summed E-state index contributed by atoms with van der Waals surface area (Å²) in [4.78, 5) is 14.5. The van der Waals surface area contributed by atoms with Crippen LogP contribution in [-0.2, 0) is 27.5 Å². The molecule has 4 heterocycles. The van der Waals surface area contributed by atoms with Crippen LogP contribution in [0, 0.1) is 12.1 Å². The van der Waals surface area contributed by atoms with Gasteiger partial charge in [0.15, 0.2) is 0 Å². The fourth-order valence-electron chi connectivity index (χ4n) is 5.27. The van der Waals surface area contributed by atoms with Crippen LogP contribution in [0.15, 0.2) is 97.2 Å². The summed E-state index contributed by atoms with van der Waals surface area (Å²) in [6.45, 7) is 0. The Hall–Kier alpha value is -4.57. The van der Waals surface area contributed by atoms with E-state index in [9.17, 15) is 0 Å². The molecule has 8 aromatic rings. The molecule has 7 heteroatoms. The zero-order valence-electron chi connectivity index (χ0n) is 20.7. The van der Waals surface area contributed by atoms with Crippen molar-refractivity contribution in [2.24, 2.45) is 7.05 Å². The van der Waals surface area contributed by atoms with E-state index < -0.39 is 0 Å². The molecule has 0 aliphatic rings. The van der Waals surface area contributed by atoms with Gasteiger partial charge in [-0.3, -0.25) is 15.0 Å². The van der Waals surface area contributed by atoms with Crippen molar-refractivity contribution in [1.29, 1.82) is 0 Å². The maximum absolute atomic E-state index is 6.29. The van der Waals surface area contributed by atoms with Crippen molar-refractivity contribution in [2.45, 2.75) is 0 Å². The minimum Gasteiger partial charge on any atom is -0.497 e. The number of nitrogens with zero attached hydrogens (tertiary/aromatic N) is 5. The number of rotatable bonds is 3. The minimum atomic E-state index is 0. The molecule has 0 bridgehead atoms. The van der Waals surface area contributed by atoms with Crippen molar-refractivity contribution < 1.29 is 25.2 Å². The topological polar surface area (TPSA) is 57.2 Å². The fraction of sp³-hybridized carbons (Fsp3) is 0.0312. The normalized spacial score (nSPS) is 11.5. The quantitative estimate of drug-likeness (QED) is 0.124. The Kier molecular flexibility index (Phi) is 5.45. The van der Waals surface area contributed by atoms with Crippen molar-refractivity contribution in [1.82, 2.24) is 23.9 Å². The van der Waals surface area contributed by atoms with E-state index in [1.165, 1.54) is 0 Å². The van der Waals surface area contributed by atoms with Crippen LogP contribution in [-0.4, -0.2) is 23.9 Å². The van der Waals surface area contributed by atoms with Gasteiger partial charge in [0, 0.05) is 24.7 Å². The number of ether oxygens (including phenoxy) is 1. The molecule has 0 aliphatic heterocycles. The first-order valence-electron chi connectivity index (χ1n) is 12.4. The molecule has 188 valence electrons. The van der Waals surface area contributed by atoms with Crippen molar-refractivity contribution >= 4 is 49.5 Å². The predicted molar refractivity (Wildman–Crippen MR) is 149 cm³/mol. The molecule has 0 saturated carbocycles. The van der Waals surface area contributed by atoms with Crippen LogP contribution in [0.4, 0.5) is 0 Å². The number of fused-ring (bicyclic) bond motifs is 9. The third kappa shape index (κ3) is 3.63. The zero-order valence-corrected chi connectivity index (χ0v) is 22.3. The first kappa shape index (κ1) is 23.5. The molecule has 4 aromatic carbocycles. The van der Waals surface area contributed by atoms with Crippen LogP contribution < -0.4 is 4.74 Å². The molecule has 8 rings (SSSR count). The molecule has 0 atom stereocenters. The Balaban J connectivity index is 0.00000253. The Morgan fingerprint density at radius 2 is 1.44 bits per heavy atom. The summed E-state index contributed by atoms with van der Waals surface area (Å²) >= 11 is 0. The molecular weight excluding hydrogens is 577 g/mol. The number of pyridine rings is 2. The molecule has 0 radical (unpaired) electrons. The van der Waals surface area contributed by atoms with Crippen LogP contribution in [0.2, 0.25) is 0 Å². The largest absolute Gasteiger partial charge is 2.00 e. The van der Waals surface area contributed by atoms with E-state index >= 15 is 0 Å². The first-order valence-corrected chi connectivity index (χ1v) is 12.4. The van der Waals surface area contributed by atoms with Crippen LogP contribution >= 0.6 is 0 Å². The van der Waals surface area contributed by atoms with Gasteiger partial charge in [-0.05, 0) is 36.4 Å². The smallest absolute Gasteiger partial charge is 0.497 e. The average Bonchev–Trinajstić information content (AvgIpc) is 3.52. The van der Waals surface area contributed by atoms with Crippen LogP contribution in [0.5, 0.6) is 11.5 Å². The zero-order chi connectivity index (χ0) is 25.2. The second kappa shape index (κ2) is 9.02. The molecule has 39 heavy (non-hydrogen) atoms. The fourth-order valence-corrected chi connectivity index (χ4v) is 5.27. The summed E-state index contributed by atoms with van der Waals surface area (Å²) in [6.07, 6.45) is 1.82. The van der Waals surface area contributed by atoms with Crippen molar-refractivity contribution in [3.05, 3.63) is 109 Å². The second-order valence-corrected chi connectivity index (χ2v) is 9.26. The SMILES string of the molecule is Cn1c(-c2[c-]c(Oc3[c-]c4c(cc3)c3ncccc3n3c5ccccc5nc43)ccc2)nc2ccccc21.[Pd+2]. The molecule has 0 fully saturated rings. The number of aromatic nitrogens is 5. The number of para-hydroxylation sites is 4. The number of aryl methyl sites for hydroxylation is 1. The Bertz CT molecular complexity index is 2200. The van der Waals surface area contributed by atoms with Crippen molar-refractivity contribution in [2.75, 3.05) is 0 Å². The van der Waals surface area contributed by atoms with Crippen molar-refractivity contribution in [3.63, 3.8) is 0 Å². The predicted octanol–water partition coefficient (Wildman–Crippen LogP) is 7.13. The van der Waals surface area contributed by atoms with E-state index in [0.717, 1.165) is 60.9 Å². The van der Waals surface area contributed by atoms with Gasteiger partial charge >= 0.3 is 20.4 Å². The number of benzene rings is 4. The summed E-state index contributed by atoms with van der Waals surface area (Å²) in [5, 5.41) is 1.84. The maximum atomic E-state index is 6.29. The first-order chi connectivity index (χ1) is 18.7. The molecule has 0 spiro atoms.